The maximum atomic E-state index is 14.2. The number of likely N-dealkylation sites (tertiary alicyclic amines) is 1. The number of ether oxygens (including phenoxy) is 1. The number of nitrogens with zero attached hydrogens (tertiary/aromatic N) is 2. The third kappa shape index (κ3) is 6.30. The van der Waals surface area contributed by atoms with Gasteiger partial charge in [0.2, 0.25) is 11.8 Å². The van der Waals surface area contributed by atoms with E-state index in [2.05, 4.69) is 36.0 Å². The highest BCUT2D eigenvalue weighted by molar-refractivity contribution is 9.09. The third-order valence-electron chi connectivity index (χ3n) is 7.84. The molecule has 3 unspecified atom stereocenters. The van der Waals surface area contributed by atoms with Crippen LogP contribution in [0.2, 0.25) is 0 Å². The number of aliphatic hydroxyl groups is 1. The van der Waals surface area contributed by atoms with E-state index in [4.69, 9.17) is 9.84 Å². The van der Waals surface area contributed by atoms with Crippen LogP contribution in [-0.4, -0.2) is 86.4 Å². The van der Waals surface area contributed by atoms with E-state index in [0.29, 0.717) is 39.1 Å². The Morgan fingerprint density at radius 3 is 2.65 bits per heavy atom. The molecule has 3 heterocycles. The number of esters is 1. The Labute approximate surface area is 234 Å². The lowest BCUT2D eigenvalue weighted by Crippen LogP contribution is -2.55. The lowest BCUT2D eigenvalue weighted by molar-refractivity contribution is -0.154. The molecule has 2 bridgehead atoms. The number of allylic oxidation sites excluding steroid dienone is 1. The number of aliphatic hydroxyl groups excluding tert-OH is 1. The summed E-state index contributed by atoms with van der Waals surface area (Å²) in [5.74, 6) is -1.55. The molecule has 37 heavy (non-hydrogen) atoms. The fourth-order valence-electron chi connectivity index (χ4n) is 6.13. The molecule has 0 aliphatic carbocycles. The van der Waals surface area contributed by atoms with E-state index in [0.717, 1.165) is 44.9 Å². The predicted octanol–water partition coefficient (Wildman–Crippen LogP) is 4.33. The van der Waals surface area contributed by atoms with Crippen molar-refractivity contribution in [2.45, 2.75) is 85.6 Å². The molecule has 0 saturated carbocycles. The summed E-state index contributed by atoms with van der Waals surface area (Å²) in [6, 6.07) is -0.603. The van der Waals surface area contributed by atoms with E-state index in [-0.39, 0.29) is 34.5 Å². The Balaban J connectivity index is 1.90. The van der Waals surface area contributed by atoms with Gasteiger partial charge in [-0.25, -0.2) is 0 Å². The van der Waals surface area contributed by atoms with E-state index in [1.54, 1.807) is 28.8 Å². The second kappa shape index (κ2) is 14.2. The first kappa shape index (κ1) is 30.2. The highest BCUT2D eigenvalue weighted by Crippen LogP contribution is 2.68. The summed E-state index contributed by atoms with van der Waals surface area (Å²) in [5, 5.41) is 9.02. The number of alkyl halides is 1. The molecular formula is C28H43BrN2O5S. The van der Waals surface area contributed by atoms with Crippen molar-refractivity contribution < 1.29 is 24.2 Å². The molecule has 3 aliphatic rings. The molecule has 1 spiro atoms. The van der Waals surface area contributed by atoms with Crippen LogP contribution in [0.25, 0.3) is 0 Å². The molecule has 9 heteroatoms. The van der Waals surface area contributed by atoms with Crippen molar-refractivity contribution in [1.29, 1.82) is 0 Å². The van der Waals surface area contributed by atoms with E-state index in [1.165, 1.54) is 0 Å². The van der Waals surface area contributed by atoms with Gasteiger partial charge in [-0.05, 0) is 38.5 Å². The van der Waals surface area contributed by atoms with Crippen molar-refractivity contribution in [3.05, 3.63) is 25.3 Å². The van der Waals surface area contributed by atoms with Crippen molar-refractivity contribution in [2.75, 3.05) is 32.8 Å². The Morgan fingerprint density at radius 1 is 1.22 bits per heavy atom. The van der Waals surface area contributed by atoms with Gasteiger partial charge in [-0.3, -0.25) is 14.4 Å². The topological polar surface area (TPSA) is 87.2 Å². The van der Waals surface area contributed by atoms with Crippen molar-refractivity contribution >= 4 is 45.5 Å². The summed E-state index contributed by atoms with van der Waals surface area (Å²) in [4.78, 5) is 45.2. The van der Waals surface area contributed by atoms with Gasteiger partial charge in [-0.2, -0.15) is 0 Å². The van der Waals surface area contributed by atoms with Crippen LogP contribution < -0.4 is 0 Å². The maximum absolute atomic E-state index is 14.2. The molecule has 3 rings (SSSR count). The summed E-state index contributed by atoms with van der Waals surface area (Å²) in [7, 11) is 0. The first-order valence-electron chi connectivity index (χ1n) is 13.8. The van der Waals surface area contributed by atoms with Gasteiger partial charge in [0.05, 0.1) is 23.2 Å². The standard InChI is InChI=1S/C28H43BrN2O5S/c1-4-7-13-18-36-27(35)21-22-25(33)31(16-11-9-10-12-17-32)24(28(22)19-20(29)23(21)37-28)26(34)30(14-6-3)15-8-5-2/h4,6,20-24,32H,1,3,5,7-19H2,2H3/t20?,21-,22+,23-,24?,28?/m1/s1. The molecule has 0 aromatic rings. The zero-order valence-electron chi connectivity index (χ0n) is 22.1. The maximum Gasteiger partial charge on any atom is 0.310 e. The predicted molar refractivity (Wildman–Crippen MR) is 152 cm³/mol. The van der Waals surface area contributed by atoms with Crippen LogP contribution in [0.5, 0.6) is 0 Å². The summed E-state index contributed by atoms with van der Waals surface area (Å²) in [6.45, 7) is 11.7. The molecule has 0 aromatic heterocycles. The number of thioether (sulfide) groups is 1. The Morgan fingerprint density at radius 2 is 1.97 bits per heavy atom. The highest BCUT2D eigenvalue weighted by Gasteiger charge is 2.76. The van der Waals surface area contributed by atoms with Crippen LogP contribution in [0.1, 0.15) is 64.7 Å². The van der Waals surface area contributed by atoms with Crippen molar-refractivity contribution in [3.8, 4) is 0 Å². The van der Waals surface area contributed by atoms with Crippen molar-refractivity contribution in [1.82, 2.24) is 9.80 Å². The van der Waals surface area contributed by atoms with Crippen molar-refractivity contribution in [3.63, 3.8) is 0 Å². The fourth-order valence-corrected chi connectivity index (χ4v) is 9.73. The molecule has 208 valence electrons. The van der Waals surface area contributed by atoms with Gasteiger partial charge < -0.3 is 19.6 Å². The van der Waals surface area contributed by atoms with Gasteiger partial charge in [0.25, 0.3) is 0 Å². The Hall–Kier alpha value is -1.32. The van der Waals surface area contributed by atoms with Crippen LogP contribution in [-0.2, 0) is 19.1 Å². The van der Waals surface area contributed by atoms with E-state index in [1.807, 2.05) is 4.90 Å². The van der Waals surface area contributed by atoms with Gasteiger partial charge >= 0.3 is 5.97 Å². The van der Waals surface area contributed by atoms with Crippen molar-refractivity contribution in [2.24, 2.45) is 11.8 Å². The zero-order valence-corrected chi connectivity index (χ0v) is 24.5. The second-order valence-corrected chi connectivity index (χ2v) is 13.1. The monoisotopic (exact) mass is 598 g/mol. The van der Waals surface area contributed by atoms with Gasteiger partial charge in [0, 0.05) is 36.3 Å². The van der Waals surface area contributed by atoms with Gasteiger partial charge in [0.15, 0.2) is 0 Å². The molecule has 3 saturated heterocycles. The molecule has 0 aromatic carbocycles. The largest absolute Gasteiger partial charge is 0.465 e. The van der Waals surface area contributed by atoms with Gasteiger partial charge in [-0.15, -0.1) is 24.9 Å². The average Bonchev–Trinajstić information content (AvgIpc) is 3.47. The normalized spacial score (nSPS) is 29.9. The van der Waals surface area contributed by atoms with Crippen LogP contribution >= 0.6 is 27.7 Å². The minimum absolute atomic E-state index is 0.0348. The summed E-state index contributed by atoms with van der Waals surface area (Å²) in [5.41, 5.74) is 0. The number of fused-ring (bicyclic) bond motifs is 1. The second-order valence-electron chi connectivity index (χ2n) is 10.4. The molecular weight excluding hydrogens is 556 g/mol. The van der Waals surface area contributed by atoms with Gasteiger partial charge in [0.1, 0.15) is 6.04 Å². The van der Waals surface area contributed by atoms with Crippen LogP contribution in [0.3, 0.4) is 0 Å². The minimum atomic E-state index is -0.644. The van der Waals surface area contributed by atoms with Crippen LogP contribution in [0.4, 0.5) is 0 Å². The quantitative estimate of drug-likeness (QED) is 0.116. The lowest BCUT2D eigenvalue weighted by Gasteiger charge is -2.38. The number of unbranched alkanes of at least 4 members (excludes halogenated alkanes) is 5. The number of hydrogen-bond donors (Lipinski definition) is 1. The molecule has 2 amide bonds. The summed E-state index contributed by atoms with van der Waals surface area (Å²) in [6.07, 6.45) is 10.8. The number of carbonyl (C=O) groups is 3. The molecule has 6 atom stereocenters. The molecule has 0 radical (unpaired) electrons. The van der Waals surface area contributed by atoms with E-state index >= 15 is 0 Å². The number of hydrogen-bond acceptors (Lipinski definition) is 6. The Bertz CT molecular complexity index is 841. The highest BCUT2D eigenvalue weighted by atomic mass is 79.9. The first-order valence-corrected chi connectivity index (χ1v) is 15.6. The smallest absolute Gasteiger partial charge is 0.310 e. The van der Waals surface area contributed by atoms with Crippen LogP contribution in [0, 0.1) is 11.8 Å². The number of rotatable bonds is 17. The average molecular weight is 600 g/mol. The van der Waals surface area contributed by atoms with E-state index in [9.17, 15) is 14.4 Å². The summed E-state index contributed by atoms with van der Waals surface area (Å²) >= 11 is 5.45. The van der Waals surface area contributed by atoms with Crippen LogP contribution in [0.15, 0.2) is 25.3 Å². The first-order chi connectivity index (χ1) is 17.9. The van der Waals surface area contributed by atoms with Gasteiger partial charge in [-0.1, -0.05) is 54.3 Å². The lowest BCUT2D eigenvalue weighted by atomic mass is 9.71. The zero-order chi connectivity index (χ0) is 27.0. The summed E-state index contributed by atoms with van der Waals surface area (Å²) < 4.78 is 5.01. The number of amides is 2. The third-order valence-corrected chi connectivity index (χ3v) is 11.1. The molecule has 7 nitrogen and oxygen atoms in total. The molecule has 1 N–H and O–H groups in total. The number of halogens is 1. The molecule has 3 aliphatic heterocycles. The van der Waals surface area contributed by atoms with E-state index < -0.39 is 22.6 Å². The fraction of sp³-hybridized carbons (Fsp3) is 0.750. The Kier molecular flexibility index (Phi) is 11.6. The minimum Gasteiger partial charge on any atom is -0.465 e. The SMILES string of the molecule is C=CCCCOC(=O)[C@H]1[C@@H]2SC3(CC2Br)C(C(=O)N(CC=C)CCCC)N(CCCCCCO)C(=O)[C@H]13. The number of carbonyl (C=O) groups excluding carboxylic acids is 3. The molecule has 3 fully saturated rings.